The Bertz CT molecular complexity index is 660. The van der Waals surface area contributed by atoms with Crippen LogP contribution in [0.25, 0.3) is 11.0 Å². The van der Waals surface area contributed by atoms with Crippen LogP contribution in [0.4, 0.5) is 5.69 Å². The third-order valence-electron chi connectivity index (χ3n) is 2.37. The third-order valence-corrected chi connectivity index (χ3v) is 3.16. The van der Waals surface area contributed by atoms with Gasteiger partial charge in [0, 0.05) is 13.8 Å². The first-order chi connectivity index (χ1) is 8.41. The molecule has 0 saturated carbocycles. The van der Waals surface area contributed by atoms with Gasteiger partial charge in [0.25, 0.3) is 0 Å². The number of nitrogens with two attached hydrogens (primary N) is 1. The molecule has 2 aromatic rings. The number of nitrogen functional groups attached to an aromatic ring is 1. The van der Waals surface area contributed by atoms with Gasteiger partial charge >= 0.3 is 5.97 Å². The minimum Gasteiger partial charge on any atom is -0.451 e. The predicted octanol–water partition coefficient (Wildman–Crippen LogP) is 2.91. The maximum Gasteiger partial charge on any atom is 0.308 e. The van der Waals surface area contributed by atoms with E-state index in [0.29, 0.717) is 21.2 Å². The quantitative estimate of drug-likeness (QED) is 0.524. The number of ether oxygens (including phenoxy) is 1. The van der Waals surface area contributed by atoms with Gasteiger partial charge in [-0.15, -0.1) is 0 Å². The van der Waals surface area contributed by atoms with Crippen LogP contribution in [0.15, 0.2) is 21.0 Å². The first kappa shape index (κ1) is 12.6. The van der Waals surface area contributed by atoms with Crippen molar-refractivity contribution in [2.45, 2.75) is 13.8 Å². The second-order valence-corrected chi connectivity index (χ2v) is 4.54. The topological polar surface area (TPSA) is 82.5 Å². The third kappa shape index (κ3) is 1.99. The number of benzene rings is 1. The molecule has 0 spiro atoms. The number of ketones is 1. The van der Waals surface area contributed by atoms with Crippen molar-refractivity contribution in [3.63, 3.8) is 0 Å². The first-order valence-corrected chi connectivity index (χ1v) is 5.91. The molecule has 0 saturated heterocycles. The summed E-state index contributed by atoms with van der Waals surface area (Å²) in [7, 11) is 0. The second kappa shape index (κ2) is 4.45. The Hall–Kier alpha value is -1.82. The van der Waals surface area contributed by atoms with Crippen molar-refractivity contribution in [2.75, 3.05) is 5.73 Å². The number of halogens is 1. The molecule has 0 radical (unpaired) electrons. The summed E-state index contributed by atoms with van der Waals surface area (Å²) in [5, 5.41) is 0.527. The molecule has 2 N–H and O–H groups in total. The van der Waals surface area contributed by atoms with Gasteiger partial charge in [-0.1, -0.05) is 0 Å². The van der Waals surface area contributed by atoms with Gasteiger partial charge in [-0.05, 0) is 28.1 Å². The Balaban J connectivity index is 2.70. The lowest BCUT2D eigenvalue weighted by molar-refractivity contribution is -0.131. The van der Waals surface area contributed by atoms with Gasteiger partial charge in [-0.2, -0.15) is 0 Å². The van der Waals surface area contributed by atoms with Crippen molar-refractivity contribution in [3.05, 3.63) is 22.4 Å². The number of hydrogen-bond donors (Lipinski definition) is 1. The summed E-state index contributed by atoms with van der Waals surface area (Å²) in [5.41, 5.74) is 6.55. The normalized spacial score (nSPS) is 10.6. The molecule has 1 aromatic heterocycles. The Morgan fingerprint density at radius 2 is 2.00 bits per heavy atom. The maximum atomic E-state index is 11.3. The summed E-state index contributed by atoms with van der Waals surface area (Å²) in [4.78, 5) is 22.3. The van der Waals surface area contributed by atoms with Crippen molar-refractivity contribution in [2.24, 2.45) is 0 Å². The fourth-order valence-corrected chi connectivity index (χ4v) is 2.27. The molecule has 18 heavy (non-hydrogen) atoms. The molecule has 0 aliphatic rings. The highest BCUT2D eigenvalue weighted by atomic mass is 79.9. The lowest BCUT2D eigenvalue weighted by atomic mass is 10.2. The monoisotopic (exact) mass is 311 g/mol. The number of anilines is 1. The molecule has 0 aliphatic carbocycles. The van der Waals surface area contributed by atoms with Crippen molar-refractivity contribution >= 4 is 44.3 Å². The number of fused-ring (bicyclic) bond motifs is 1. The van der Waals surface area contributed by atoms with Crippen LogP contribution in [0.5, 0.6) is 5.75 Å². The van der Waals surface area contributed by atoms with Gasteiger partial charge in [-0.3, -0.25) is 9.59 Å². The minimum absolute atomic E-state index is 0.102. The number of carbonyl (C=O) groups excluding carboxylic acids is 2. The van der Waals surface area contributed by atoms with Crippen LogP contribution in [0.3, 0.4) is 0 Å². The summed E-state index contributed by atoms with van der Waals surface area (Å²) in [5.74, 6) is -0.267. The molecule has 0 fully saturated rings. The van der Waals surface area contributed by atoms with Crippen LogP contribution in [0.1, 0.15) is 24.4 Å². The zero-order chi connectivity index (χ0) is 13.4. The van der Waals surface area contributed by atoms with Crippen LogP contribution >= 0.6 is 15.9 Å². The van der Waals surface area contributed by atoms with E-state index in [4.69, 9.17) is 14.9 Å². The number of rotatable bonds is 2. The molecular formula is C12H10BrNO4. The highest BCUT2D eigenvalue weighted by molar-refractivity contribution is 9.10. The molecule has 94 valence electrons. The Kier molecular flexibility index (Phi) is 3.13. The van der Waals surface area contributed by atoms with E-state index in [1.807, 2.05) is 0 Å². The standard InChI is InChI=1S/C12H10BrNO4/c1-5(15)12-11(14)9-7(18-12)3-4-8(10(9)13)17-6(2)16/h3-4H,14H2,1-2H3. The van der Waals surface area contributed by atoms with Gasteiger partial charge in [0.1, 0.15) is 11.3 Å². The van der Waals surface area contributed by atoms with Crippen LogP contribution in [-0.4, -0.2) is 11.8 Å². The van der Waals surface area contributed by atoms with Gasteiger partial charge in [0.15, 0.2) is 11.5 Å². The molecule has 0 aliphatic heterocycles. The van der Waals surface area contributed by atoms with E-state index in [9.17, 15) is 9.59 Å². The van der Waals surface area contributed by atoms with Gasteiger partial charge < -0.3 is 14.9 Å². The van der Waals surface area contributed by atoms with Crippen LogP contribution < -0.4 is 10.5 Å². The smallest absolute Gasteiger partial charge is 0.308 e. The molecule has 1 aromatic carbocycles. The molecular weight excluding hydrogens is 302 g/mol. The van der Waals surface area contributed by atoms with Gasteiger partial charge in [0.05, 0.1) is 15.5 Å². The largest absolute Gasteiger partial charge is 0.451 e. The van der Waals surface area contributed by atoms with Crippen LogP contribution in [0.2, 0.25) is 0 Å². The number of esters is 1. The fraction of sp³-hybridized carbons (Fsp3) is 0.167. The average Bonchev–Trinajstić information content (AvgIpc) is 2.60. The molecule has 0 atom stereocenters. The van der Waals surface area contributed by atoms with E-state index in [2.05, 4.69) is 15.9 Å². The van der Waals surface area contributed by atoms with E-state index < -0.39 is 5.97 Å². The molecule has 6 heteroatoms. The summed E-state index contributed by atoms with van der Waals surface area (Å²) in [6, 6.07) is 3.17. The highest BCUT2D eigenvalue weighted by Crippen LogP contribution is 2.39. The SMILES string of the molecule is CC(=O)Oc1ccc2oc(C(C)=O)c(N)c2c1Br. The second-order valence-electron chi connectivity index (χ2n) is 3.75. The van der Waals surface area contributed by atoms with Crippen molar-refractivity contribution < 1.29 is 18.7 Å². The van der Waals surface area contributed by atoms with Crippen LogP contribution in [0, 0.1) is 0 Å². The van der Waals surface area contributed by atoms with Crippen molar-refractivity contribution in [1.82, 2.24) is 0 Å². The van der Waals surface area contributed by atoms with Crippen LogP contribution in [-0.2, 0) is 4.79 Å². The van der Waals surface area contributed by atoms with Crippen molar-refractivity contribution in [1.29, 1.82) is 0 Å². The zero-order valence-electron chi connectivity index (χ0n) is 9.74. The van der Waals surface area contributed by atoms with E-state index in [1.54, 1.807) is 12.1 Å². The summed E-state index contributed by atoms with van der Waals surface area (Å²) in [6.45, 7) is 2.67. The molecule has 0 unspecified atom stereocenters. The zero-order valence-corrected chi connectivity index (χ0v) is 11.3. The van der Waals surface area contributed by atoms with Gasteiger partial charge in [-0.25, -0.2) is 0 Å². The summed E-state index contributed by atoms with van der Waals surface area (Å²) in [6.07, 6.45) is 0. The minimum atomic E-state index is -0.441. The first-order valence-electron chi connectivity index (χ1n) is 5.11. The van der Waals surface area contributed by atoms with E-state index >= 15 is 0 Å². The number of Topliss-reactive ketones (excluding diaryl/α,β-unsaturated/α-hetero) is 1. The number of furan rings is 1. The lowest BCUT2D eigenvalue weighted by Gasteiger charge is -2.04. The lowest BCUT2D eigenvalue weighted by Crippen LogP contribution is -2.02. The predicted molar refractivity (Wildman–Crippen MR) is 69.6 cm³/mol. The molecule has 0 amide bonds. The van der Waals surface area contributed by atoms with E-state index in [1.165, 1.54) is 13.8 Å². The Labute approximate surface area is 111 Å². The highest BCUT2D eigenvalue weighted by Gasteiger charge is 2.19. The van der Waals surface area contributed by atoms with Crippen molar-refractivity contribution in [3.8, 4) is 5.75 Å². The molecule has 0 bridgehead atoms. The number of carbonyl (C=O) groups is 2. The Morgan fingerprint density at radius 3 is 2.56 bits per heavy atom. The average molecular weight is 312 g/mol. The maximum absolute atomic E-state index is 11.3. The Morgan fingerprint density at radius 1 is 1.33 bits per heavy atom. The van der Waals surface area contributed by atoms with Gasteiger partial charge in [0.2, 0.25) is 0 Å². The number of hydrogen-bond acceptors (Lipinski definition) is 5. The fourth-order valence-electron chi connectivity index (χ4n) is 1.65. The molecule has 1 heterocycles. The summed E-state index contributed by atoms with van der Waals surface area (Å²) < 4.78 is 10.9. The molecule has 5 nitrogen and oxygen atoms in total. The molecule has 2 rings (SSSR count). The van der Waals surface area contributed by atoms with E-state index in [-0.39, 0.29) is 17.2 Å². The summed E-state index contributed by atoms with van der Waals surface area (Å²) >= 11 is 3.30. The van der Waals surface area contributed by atoms with E-state index in [0.717, 1.165) is 0 Å².